The summed E-state index contributed by atoms with van der Waals surface area (Å²) < 4.78 is 22.6. The number of benzene rings is 1. The monoisotopic (exact) mass is 467 g/mol. The Kier molecular flexibility index (Phi) is 6.62. The summed E-state index contributed by atoms with van der Waals surface area (Å²) in [6.07, 6.45) is 8.39. The first kappa shape index (κ1) is 23.0. The summed E-state index contributed by atoms with van der Waals surface area (Å²) in [4.78, 5) is 23.1. The van der Waals surface area contributed by atoms with E-state index in [4.69, 9.17) is 10.5 Å². The highest BCUT2D eigenvalue weighted by atomic mass is 19.1. The van der Waals surface area contributed by atoms with Crippen molar-refractivity contribution in [1.29, 1.82) is 0 Å². The molecule has 0 saturated heterocycles. The number of H-pyrrole nitrogens is 1. The van der Waals surface area contributed by atoms with Crippen molar-refractivity contribution in [2.24, 2.45) is 5.73 Å². The van der Waals surface area contributed by atoms with E-state index in [-0.39, 0.29) is 18.9 Å². The molecule has 1 aliphatic carbocycles. The third-order valence-corrected chi connectivity index (χ3v) is 5.40. The number of likely N-dealkylation sites (N-methyl/N-ethyl adjacent to an activating group) is 1. The molecule has 0 atom stereocenters. The van der Waals surface area contributed by atoms with Crippen LogP contribution >= 0.6 is 0 Å². The third-order valence-electron chi connectivity index (χ3n) is 5.40. The largest absolute Gasteiger partial charge is 0.486 e. The van der Waals surface area contributed by atoms with Crippen molar-refractivity contribution in [3.63, 3.8) is 0 Å². The Morgan fingerprint density at radius 1 is 1.38 bits per heavy atom. The third kappa shape index (κ3) is 4.77. The van der Waals surface area contributed by atoms with Crippen LogP contribution < -0.4 is 15.8 Å². The number of amides is 3. The number of carbonyl (C=O) groups excluding carboxylic acids is 2. The average Bonchev–Trinajstić information content (AvgIpc) is 3.53. The molecule has 178 valence electrons. The van der Waals surface area contributed by atoms with Crippen molar-refractivity contribution >= 4 is 34.7 Å². The van der Waals surface area contributed by atoms with E-state index in [1.54, 1.807) is 36.0 Å². The standard InChI is InChI=1S/C20H20FN7O3.C3H6/c1-11-16(12-3-4-28-13(7-12)8-15(26-28)23-10-29)14-9-24-25-18(14)19(17(11)21)31-6-5-27(2)20(22)30;1-2-3-1/h3-4,7-10H,5-6H2,1-2H3,(H2,22,30)(H,24,25)(H,23,26,29);1-3H2. The number of nitrogens with one attached hydrogen (secondary N) is 2. The molecular weight excluding hydrogens is 441 g/mol. The molecule has 0 bridgehead atoms. The second-order valence-corrected chi connectivity index (χ2v) is 8.05. The van der Waals surface area contributed by atoms with E-state index in [0.717, 1.165) is 11.1 Å². The molecule has 3 heterocycles. The van der Waals surface area contributed by atoms with E-state index in [0.29, 0.717) is 34.3 Å². The molecule has 0 spiro atoms. The van der Waals surface area contributed by atoms with Crippen LogP contribution in [0.4, 0.5) is 15.0 Å². The maximum atomic E-state index is 15.3. The highest BCUT2D eigenvalue weighted by molar-refractivity contribution is 6.00. The average molecular weight is 468 g/mol. The Morgan fingerprint density at radius 3 is 2.82 bits per heavy atom. The Morgan fingerprint density at radius 2 is 2.15 bits per heavy atom. The molecule has 3 aromatic heterocycles. The summed E-state index contributed by atoms with van der Waals surface area (Å²) in [5.41, 5.74) is 8.15. The van der Waals surface area contributed by atoms with Gasteiger partial charge in [-0.15, -0.1) is 0 Å². The van der Waals surface area contributed by atoms with E-state index >= 15 is 4.39 Å². The van der Waals surface area contributed by atoms with Gasteiger partial charge in [-0.3, -0.25) is 9.89 Å². The fourth-order valence-corrected chi connectivity index (χ4v) is 3.42. The van der Waals surface area contributed by atoms with Crippen LogP contribution in [0.25, 0.3) is 27.5 Å². The van der Waals surface area contributed by atoms with Gasteiger partial charge in [0.25, 0.3) is 0 Å². The number of hydrogen-bond acceptors (Lipinski definition) is 5. The fraction of sp³-hybridized carbons (Fsp3) is 0.304. The van der Waals surface area contributed by atoms with Crippen molar-refractivity contribution in [2.45, 2.75) is 26.2 Å². The van der Waals surface area contributed by atoms with Crippen LogP contribution in [0, 0.1) is 12.7 Å². The number of aromatic amines is 1. The molecule has 1 fully saturated rings. The summed E-state index contributed by atoms with van der Waals surface area (Å²) in [7, 11) is 1.53. The molecule has 0 radical (unpaired) electrons. The van der Waals surface area contributed by atoms with Crippen LogP contribution in [0.15, 0.2) is 30.6 Å². The lowest BCUT2D eigenvalue weighted by Crippen LogP contribution is -2.35. The van der Waals surface area contributed by atoms with Crippen molar-refractivity contribution in [3.8, 4) is 16.9 Å². The number of ether oxygens (including phenoxy) is 1. The predicted molar refractivity (Wildman–Crippen MR) is 126 cm³/mol. The first-order valence-electron chi connectivity index (χ1n) is 10.9. The number of pyridine rings is 1. The van der Waals surface area contributed by atoms with E-state index in [1.807, 2.05) is 6.07 Å². The van der Waals surface area contributed by atoms with Gasteiger partial charge in [-0.05, 0) is 35.7 Å². The molecule has 0 unspecified atom stereocenters. The zero-order valence-electron chi connectivity index (χ0n) is 19.0. The summed E-state index contributed by atoms with van der Waals surface area (Å²) in [6, 6.07) is 4.77. The fourth-order valence-electron chi connectivity index (χ4n) is 3.42. The smallest absolute Gasteiger partial charge is 0.314 e. The molecule has 1 aromatic carbocycles. The number of fused-ring (bicyclic) bond motifs is 2. The van der Waals surface area contributed by atoms with Crippen LogP contribution in [0.3, 0.4) is 0 Å². The number of nitrogens with zero attached hydrogens (tertiary/aromatic N) is 4. The van der Waals surface area contributed by atoms with Crippen LogP contribution in [-0.2, 0) is 4.79 Å². The van der Waals surface area contributed by atoms with Crippen LogP contribution in [0.5, 0.6) is 5.75 Å². The number of carbonyl (C=O) groups is 2. The first-order chi connectivity index (χ1) is 16.4. The van der Waals surface area contributed by atoms with Crippen molar-refractivity contribution in [1.82, 2.24) is 24.7 Å². The van der Waals surface area contributed by atoms with E-state index in [2.05, 4.69) is 20.6 Å². The summed E-state index contributed by atoms with van der Waals surface area (Å²) in [5.74, 6) is -0.0760. The van der Waals surface area contributed by atoms with Gasteiger partial charge >= 0.3 is 6.03 Å². The molecule has 10 nitrogen and oxygen atoms in total. The maximum Gasteiger partial charge on any atom is 0.314 e. The lowest BCUT2D eigenvalue weighted by Gasteiger charge is -2.17. The van der Waals surface area contributed by atoms with Gasteiger partial charge in [0.1, 0.15) is 12.1 Å². The van der Waals surface area contributed by atoms with Crippen LogP contribution in [0.2, 0.25) is 0 Å². The van der Waals surface area contributed by atoms with Gasteiger partial charge in [0.05, 0.1) is 18.3 Å². The number of primary amides is 1. The van der Waals surface area contributed by atoms with Gasteiger partial charge in [0, 0.05) is 24.7 Å². The van der Waals surface area contributed by atoms with Gasteiger partial charge < -0.3 is 20.7 Å². The Balaban J connectivity index is 0.000000846. The van der Waals surface area contributed by atoms with Gasteiger partial charge in [-0.1, -0.05) is 19.3 Å². The van der Waals surface area contributed by atoms with Gasteiger partial charge in [0.2, 0.25) is 6.41 Å². The van der Waals surface area contributed by atoms with E-state index in [1.165, 1.54) is 31.2 Å². The number of halogens is 1. The topological polar surface area (TPSA) is 131 Å². The minimum Gasteiger partial charge on any atom is -0.486 e. The van der Waals surface area contributed by atoms with Gasteiger partial charge in [0.15, 0.2) is 17.4 Å². The quantitative estimate of drug-likeness (QED) is 0.358. The zero-order valence-corrected chi connectivity index (χ0v) is 19.0. The van der Waals surface area contributed by atoms with E-state index in [9.17, 15) is 9.59 Å². The van der Waals surface area contributed by atoms with Gasteiger partial charge in [-0.2, -0.15) is 10.2 Å². The number of urea groups is 1. The number of rotatable bonds is 7. The molecule has 1 saturated carbocycles. The lowest BCUT2D eigenvalue weighted by atomic mass is 9.96. The maximum absolute atomic E-state index is 15.3. The molecule has 34 heavy (non-hydrogen) atoms. The molecule has 4 aromatic rings. The Labute approximate surface area is 194 Å². The minimum atomic E-state index is -0.593. The molecule has 1 aliphatic rings. The first-order valence-corrected chi connectivity index (χ1v) is 10.9. The van der Waals surface area contributed by atoms with Crippen LogP contribution in [0.1, 0.15) is 24.8 Å². The summed E-state index contributed by atoms with van der Waals surface area (Å²) in [5, 5.41) is 14.3. The normalized spacial score (nSPS) is 12.2. The Hall–Kier alpha value is -4.15. The van der Waals surface area contributed by atoms with Crippen molar-refractivity contribution in [3.05, 3.63) is 42.0 Å². The molecule has 5 rings (SSSR count). The minimum absolute atomic E-state index is 0.0366. The molecule has 4 N–H and O–H groups in total. The van der Waals surface area contributed by atoms with Crippen molar-refractivity contribution < 1.29 is 18.7 Å². The molecule has 11 heteroatoms. The van der Waals surface area contributed by atoms with E-state index < -0.39 is 11.8 Å². The predicted octanol–water partition coefficient (Wildman–Crippen LogP) is 3.45. The number of aromatic nitrogens is 4. The zero-order chi connectivity index (χ0) is 24.2. The highest BCUT2D eigenvalue weighted by Gasteiger charge is 2.21. The van der Waals surface area contributed by atoms with Crippen molar-refractivity contribution in [2.75, 3.05) is 25.5 Å². The highest BCUT2D eigenvalue weighted by Crippen LogP contribution is 2.39. The van der Waals surface area contributed by atoms with Crippen LogP contribution in [-0.4, -0.2) is 57.4 Å². The van der Waals surface area contributed by atoms with Gasteiger partial charge in [-0.25, -0.2) is 13.7 Å². The lowest BCUT2D eigenvalue weighted by molar-refractivity contribution is -0.105. The number of hydrogen-bond donors (Lipinski definition) is 3. The summed E-state index contributed by atoms with van der Waals surface area (Å²) >= 11 is 0. The summed E-state index contributed by atoms with van der Waals surface area (Å²) in [6.45, 7) is 1.94. The Bertz CT molecular complexity index is 1340. The molecular formula is C23H26FN7O3. The number of anilines is 1. The molecule has 3 amide bonds. The second-order valence-electron chi connectivity index (χ2n) is 8.05. The SMILES string of the molecule is C1CC1.Cc1c(F)c(OCCN(C)C(N)=O)c2[nH]ncc2c1-c1ccn2nc(NC=O)cc2c1. The molecule has 0 aliphatic heterocycles. The number of nitrogens with two attached hydrogens (primary N) is 1. The second kappa shape index (κ2) is 9.77.